The number of benzene rings is 1. The molecule has 0 bridgehead atoms. The minimum atomic E-state index is -3.89. The molecular weight excluding hydrogens is 464 g/mol. The summed E-state index contributed by atoms with van der Waals surface area (Å²) in [5.41, 5.74) is 4.28. The van der Waals surface area contributed by atoms with Gasteiger partial charge in [-0.1, -0.05) is 18.2 Å². The normalized spacial score (nSPS) is 19.3. The van der Waals surface area contributed by atoms with Gasteiger partial charge in [-0.05, 0) is 25.5 Å². The fourth-order valence-electron chi connectivity index (χ4n) is 2.14. The Morgan fingerprint density at radius 2 is 1.97 bits per heavy atom. The molecule has 1 saturated heterocycles. The van der Waals surface area contributed by atoms with Gasteiger partial charge < -0.3 is 30.2 Å². The maximum Gasteiger partial charge on any atom is 0.459 e. The second-order valence-electron chi connectivity index (χ2n) is 6.34. The first-order chi connectivity index (χ1) is 15.6. The van der Waals surface area contributed by atoms with E-state index in [1.165, 1.54) is 14.0 Å². The smallest absolute Gasteiger partial charge is 0.459 e. The molecule has 12 nitrogen and oxygen atoms in total. The Labute approximate surface area is 191 Å². The first kappa shape index (κ1) is 30.4. The molecule has 2 rings (SSSR count). The largest absolute Gasteiger partial charge is 0.468 e. The number of primary amides is 1. The van der Waals surface area contributed by atoms with Crippen LogP contribution in [0.4, 0.5) is 4.39 Å². The number of alkyl halides is 1. The number of carbonyl (C=O) groups excluding carboxylic acids is 3. The van der Waals surface area contributed by atoms with Gasteiger partial charge in [0, 0.05) is 13.7 Å². The van der Waals surface area contributed by atoms with Crippen LogP contribution in [0.2, 0.25) is 0 Å². The number of methoxy groups -OCH3 is 1. The maximum atomic E-state index is 13.0. The predicted octanol–water partition coefficient (Wildman–Crippen LogP) is 0.294. The average molecular weight is 495 g/mol. The molecule has 188 valence electrons. The molecule has 14 heteroatoms. The van der Waals surface area contributed by atoms with E-state index in [0.29, 0.717) is 25.2 Å². The SMILES string of the molecule is CNC=O.COC(=O)[C@H](C)NP(=O)(OC[C@H]1OCCC1O)Oc1ccccc1.NC(=O)CF. The van der Waals surface area contributed by atoms with Crippen molar-refractivity contribution < 1.29 is 47.0 Å². The Kier molecular flexibility index (Phi) is 15.7. The fraction of sp³-hybridized carbons (Fsp3) is 0.526. The molecule has 2 unspecified atom stereocenters. The van der Waals surface area contributed by atoms with Gasteiger partial charge in [-0.15, -0.1) is 0 Å². The van der Waals surface area contributed by atoms with E-state index >= 15 is 0 Å². The molecule has 5 N–H and O–H groups in total. The highest BCUT2D eigenvalue weighted by atomic mass is 31.2. The van der Waals surface area contributed by atoms with Crippen LogP contribution in [0.1, 0.15) is 13.3 Å². The fourth-order valence-corrected chi connectivity index (χ4v) is 3.65. The van der Waals surface area contributed by atoms with Crippen LogP contribution in [-0.2, 0) is 32.9 Å². The summed E-state index contributed by atoms with van der Waals surface area (Å²) in [6.45, 7) is 0.703. The molecule has 1 aromatic rings. The lowest BCUT2D eigenvalue weighted by molar-refractivity contribution is -0.142. The summed E-state index contributed by atoms with van der Waals surface area (Å²) in [6.07, 6.45) is -0.162. The van der Waals surface area contributed by atoms with Crippen molar-refractivity contribution in [3.05, 3.63) is 30.3 Å². The highest BCUT2D eigenvalue weighted by Crippen LogP contribution is 2.45. The molecule has 1 aliphatic rings. The number of aliphatic hydroxyl groups is 1. The Morgan fingerprint density at radius 3 is 2.39 bits per heavy atom. The van der Waals surface area contributed by atoms with Crippen molar-refractivity contribution in [3.63, 3.8) is 0 Å². The Morgan fingerprint density at radius 1 is 1.39 bits per heavy atom. The molecule has 2 amide bonds. The summed E-state index contributed by atoms with van der Waals surface area (Å²) >= 11 is 0. The van der Waals surface area contributed by atoms with Gasteiger partial charge in [-0.2, -0.15) is 5.09 Å². The van der Waals surface area contributed by atoms with Gasteiger partial charge in [0.05, 0.1) is 19.8 Å². The van der Waals surface area contributed by atoms with E-state index in [1.54, 1.807) is 37.4 Å². The number of hydrogen-bond donors (Lipinski definition) is 4. The van der Waals surface area contributed by atoms with Crippen LogP contribution in [0, 0.1) is 0 Å². The lowest BCUT2D eigenvalue weighted by Crippen LogP contribution is -2.36. The van der Waals surface area contributed by atoms with E-state index < -0.39 is 44.5 Å². The molecule has 0 saturated carbocycles. The number of ether oxygens (including phenoxy) is 2. The van der Waals surface area contributed by atoms with Gasteiger partial charge in [-0.3, -0.25) is 18.9 Å². The topological polar surface area (TPSA) is 176 Å². The predicted molar refractivity (Wildman–Crippen MR) is 116 cm³/mol. The summed E-state index contributed by atoms with van der Waals surface area (Å²) < 4.78 is 44.4. The van der Waals surface area contributed by atoms with E-state index in [-0.39, 0.29) is 6.61 Å². The monoisotopic (exact) mass is 495 g/mol. The van der Waals surface area contributed by atoms with Crippen molar-refractivity contribution in [1.29, 1.82) is 0 Å². The molecule has 0 aromatic heterocycles. The average Bonchev–Trinajstić information content (AvgIpc) is 3.22. The van der Waals surface area contributed by atoms with Crippen molar-refractivity contribution in [2.45, 2.75) is 31.6 Å². The molecular formula is C19H31FN3O9P. The first-order valence-electron chi connectivity index (χ1n) is 9.72. The zero-order valence-electron chi connectivity index (χ0n) is 18.6. The van der Waals surface area contributed by atoms with Gasteiger partial charge in [0.1, 0.15) is 17.9 Å². The van der Waals surface area contributed by atoms with Gasteiger partial charge in [-0.25, -0.2) is 8.96 Å². The van der Waals surface area contributed by atoms with Crippen LogP contribution in [0.3, 0.4) is 0 Å². The standard InChI is InChI=1S/C15H22NO7P.C2H4FNO.C2H5NO/c1-11(15(18)20-2)16-24(19,23-12-6-4-3-5-7-12)22-10-14-13(17)8-9-21-14;3-1-2(4)5;1-3-2-4/h3-7,11,13-14,17H,8-10H2,1-2H3,(H,16,19);1H2,(H2,4,5);2H,1H3,(H,3,4)/t11-,13?,14+,24?;;/m0../s1. The maximum absolute atomic E-state index is 13.0. The summed E-state index contributed by atoms with van der Waals surface area (Å²) in [7, 11) is -1.09. The molecule has 1 fully saturated rings. The van der Waals surface area contributed by atoms with Crippen LogP contribution >= 0.6 is 7.75 Å². The number of nitrogens with one attached hydrogen (secondary N) is 2. The highest BCUT2D eigenvalue weighted by Gasteiger charge is 2.35. The first-order valence-corrected chi connectivity index (χ1v) is 11.3. The lowest BCUT2D eigenvalue weighted by atomic mass is 10.2. The number of esters is 1. The number of hydrogen-bond acceptors (Lipinski definition) is 9. The third-order valence-electron chi connectivity index (χ3n) is 3.71. The molecule has 4 atom stereocenters. The van der Waals surface area contributed by atoms with E-state index in [2.05, 4.69) is 20.9 Å². The summed E-state index contributed by atoms with van der Waals surface area (Å²) in [5, 5.41) is 14.5. The molecule has 33 heavy (non-hydrogen) atoms. The highest BCUT2D eigenvalue weighted by molar-refractivity contribution is 7.52. The number of nitrogens with two attached hydrogens (primary N) is 1. The number of aliphatic hydroxyl groups excluding tert-OH is 1. The Hall–Kier alpha value is -2.57. The lowest BCUT2D eigenvalue weighted by Gasteiger charge is -2.24. The van der Waals surface area contributed by atoms with E-state index in [1.807, 2.05) is 0 Å². The molecule has 0 spiro atoms. The van der Waals surface area contributed by atoms with Crippen LogP contribution in [-0.4, -0.2) is 75.7 Å². The molecule has 0 radical (unpaired) electrons. The van der Waals surface area contributed by atoms with Gasteiger partial charge in [0.15, 0.2) is 6.67 Å². The third-order valence-corrected chi connectivity index (χ3v) is 5.35. The van der Waals surface area contributed by atoms with Crippen LogP contribution in [0.25, 0.3) is 0 Å². The second-order valence-corrected chi connectivity index (χ2v) is 8.04. The zero-order chi connectivity index (χ0) is 25.3. The van der Waals surface area contributed by atoms with Gasteiger partial charge in [0.25, 0.3) is 0 Å². The molecule has 1 aliphatic heterocycles. The van der Waals surface area contributed by atoms with Crippen molar-refractivity contribution in [3.8, 4) is 5.75 Å². The Bertz CT molecular complexity index is 757. The van der Waals surface area contributed by atoms with Crippen molar-refractivity contribution in [1.82, 2.24) is 10.4 Å². The number of amides is 2. The molecule has 0 aliphatic carbocycles. The number of halogens is 1. The minimum Gasteiger partial charge on any atom is -0.468 e. The van der Waals surface area contributed by atoms with Crippen molar-refractivity contribution in [2.24, 2.45) is 5.73 Å². The second kappa shape index (κ2) is 17.0. The molecule has 1 heterocycles. The van der Waals surface area contributed by atoms with Gasteiger partial charge >= 0.3 is 13.7 Å². The van der Waals surface area contributed by atoms with Crippen molar-refractivity contribution >= 4 is 26.0 Å². The van der Waals surface area contributed by atoms with E-state index in [0.717, 1.165) is 0 Å². The van der Waals surface area contributed by atoms with E-state index in [9.17, 15) is 23.7 Å². The zero-order valence-corrected chi connectivity index (χ0v) is 19.5. The number of rotatable bonds is 10. The summed E-state index contributed by atoms with van der Waals surface area (Å²) in [4.78, 5) is 29.9. The number of carbonyl (C=O) groups is 3. The third kappa shape index (κ3) is 13.5. The van der Waals surface area contributed by atoms with Crippen molar-refractivity contribution in [2.75, 3.05) is 34.0 Å². The minimum absolute atomic E-state index is 0.133. The Balaban J connectivity index is 0.000000968. The summed E-state index contributed by atoms with van der Waals surface area (Å²) in [6, 6.07) is 7.54. The van der Waals surface area contributed by atoms with Crippen LogP contribution < -0.4 is 20.7 Å². The van der Waals surface area contributed by atoms with Crippen LogP contribution in [0.5, 0.6) is 5.75 Å². The van der Waals surface area contributed by atoms with E-state index in [4.69, 9.17) is 18.6 Å². The van der Waals surface area contributed by atoms with Gasteiger partial charge in [0.2, 0.25) is 12.3 Å². The molecule has 1 aromatic carbocycles. The van der Waals surface area contributed by atoms with Crippen LogP contribution in [0.15, 0.2) is 30.3 Å². The summed E-state index contributed by atoms with van der Waals surface area (Å²) in [5.74, 6) is -1.20. The number of para-hydroxylation sites is 1. The quantitative estimate of drug-likeness (QED) is 0.201.